The summed E-state index contributed by atoms with van der Waals surface area (Å²) in [6, 6.07) is 29.9. The minimum Gasteiger partial charge on any atom is -0.374 e. The Bertz CT molecular complexity index is 891. The van der Waals surface area contributed by atoms with E-state index >= 15 is 0 Å². The molecule has 3 aromatic rings. The topological polar surface area (TPSA) is 47.9 Å². The van der Waals surface area contributed by atoms with Gasteiger partial charge in [-0.1, -0.05) is 91.0 Å². The first-order chi connectivity index (χ1) is 14.7. The van der Waals surface area contributed by atoms with Crippen LogP contribution in [0.3, 0.4) is 0 Å². The van der Waals surface area contributed by atoms with Crippen molar-refractivity contribution in [1.29, 1.82) is 0 Å². The summed E-state index contributed by atoms with van der Waals surface area (Å²) in [7, 11) is -1.37. The number of ether oxygens (including phenoxy) is 2. The molecule has 0 saturated carbocycles. The second kappa shape index (κ2) is 10.3. The first kappa shape index (κ1) is 21.2. The molecular weight excluding hydrogens is 395 g/mol. The summed E-state index contributed by atoms with van der Waals surface area (Å²) in [5.41, 5.74) is 0.853. The van der Waals surface area contributed by atoms with Crippen molar-refractivity contribution in [2.75, 3.05) is 6.61 Å². The molecule has 1 aliphatic heterocycles. The van der Waals surface area contributed by atoms with Crippen LogP contribution in [0.2, 0.25) is 0 Å². The Hall–Kier alpha value is -2.07. The van der Waals surface area contributed by atoms with Gasteiger partial charge >= 0.3 is 0 Å². The van der Waals surface area contributed by atoms with Crippen molar-refractivity contribution in [2.45, 2.75) is 37.7 Å². The van der Waals surface area contributed by atoms with Crippen LogP contribution in [0.5, 0.6) is 0 Å². The lowest BCUT2D eigenvalue weighted by molar-refractivity contribution is -0.169. The molecule has 0 bridgehead atoms. The number of aliphatic hydroxyl groups is 1. The molecular formula is C25H27O4P. The third-order valence-corrected chi connectivity index (χ3v) is 7.35. The van der Waals surface area contributed by atoms with Gasteiger partial charge in [0.2, 0.25) is 5.53 Å². The highest BCUT2D eigenvalue weighted by Crippen LogP contribution is 2.56. The van der Waals surface area contributed by atoms with Gasteiger partial charge < -0.3 is 19.1 Å². The third-order valence-electron chi connectivity index (χ3n) is 5.08. The summed E-state index contributed by atoms with van der Waals surface area (Å²) in [5.74, 6) is 0. The lowest BCUT2D eigenvalue weighted by Gasteiger charge is -2.42. The van der Waals surface area contributed by atoms with Crippen LogP contribution in [0.4, 0.5) is 0 Å². The Morgan fingerprint density at radius 1 is 0.833 bits per heavy atom. The zero-order valence-corrected chi connectivity index (χ0v) is 17.8. The third kappa shape index (κ3) is 5.54. The Kier molecular flexibility index (Phi) is 7.27. The predicted octanol–water partition coefficient (Wildman–Crippen LogP) is 4.97. The smallest absolute Gasteiger partial charge is 0.214 e. The summed E-state index contributed by atoms with van der Waals surface area (Å²) in [6.45, 7) is 1.40. The molecule has 1 aliphatic rings. The van der Waals surface area contributed by atoms with Crippen LogP contribution in [-0.4, -0.2) is 23.3 Å². The van der Waals surface area contributed by atoms with Crippen LogP contribution in [0.1, 0.15) is 24.0 Å². The van der Waals surface area contributed by atoms with Gasteiger partial charge in [-0.15, -0.1) is 0 Å². The van der Waals surface area contributed by atoms with Crippen LogP contribution in [-0.2, 0) is 27.2 Å². The fourth-order valence-corrected chi connectivity index (χ4v) is 5.57. The van der Waals surface area contributed by atoms with Gasteiger partial charge in [0.1, 0.15) is 8.15 Å². The van der Waals surface area contributed by atoms with E-state index in [1.54, 1.807) is 0 Å². The van der Waals surface area contributed by atoms with Crippen molar-refractivity contribution in [1.82, 2.24) is 0 Å². The van der Waals surface area contributed by atoms with E-state index in [-0.39, 0.29) is 6.10 Å². The second-order valence-corrected chi connectivity index (χ2v) is 9.43. The summed E-state index contributed by atoms with van der Waals surface area (Å²) in [5, 5.41) is 12.4. The first-order valence-corrected chi connectivity index (χ1v) is 11.5. The Morgan fingerprint density at radius 3 is 2.03 bits per heavy atom. The SMILES string of the molecule is OC1(OCc2ccccc2)CCC(COCc2ccccc2)OP1c1ccccc1. The lowest BCUT2D eigenvalue weighted by atomic mass is 10.2. The molecule has 30 heavy (non-hydrogen) atoms. The van der Waals surface area contributed by atoms with Crippen molar-refractivity contribution in [2.24, 2.45) is 0 Å². The highest BCUT2D eigenvalue weighted by atomic mass is 31.1. The van der Waals surface area contributed by atoms with Gasteiger partial charge in [0.25, 0.3) is 0 Å². The van der Waals surface area contributed by atoms with Crippen LogP contribution in [0.15, 0.2) is 91.0 Å². The van der Waals surface area contributed by atoms with Crippen molar-refractivity contribution in [3.05, 3.63) is 102 Å². The quantitative estimate of drug-likeness (QED) is 0.411. The molecule has 4 rings (SSSR count). The monoisotopic (exact) mass is 422 g/mol. The largest absolute Gasteiger partial charge is 0.374 e. The van der Waals surface area contributed by atoms with Gasteiger partial charge in [0, 0.05) is 11.7 Å². The van der Waals surface area contributed by atoms with Crippen LogP contribution < -0.4 is 5.30 Å². The van der Waals surface area contributed by atoms with Gasteiger partial charge in [-0.05, 0) is 17.5 Å². The Balaban J connectivity index is 1.41. The van der Waals surface area contributed by atoms with Crippen LogP contribution in [0, 0.1) is 0 Å². The number of hydrogen-bond donors (Lipinski definition) is 1. The summed E-state index contributed by atoms with van der Waals surface area (Å²) in [4.78, 5) is 0. The summed E-state index contributed by atoms with van der Waals surface area (Å²) < 4.78 is 18.3. The molecule has 3 atom stereocenters. The number of hydrogen-bond acceptors (Lipinski definition) is 4. The standard InChI is InChI=1S/C25H27O4P/c26-25(28-19-22-12-6-2-7-13-22)17-16-23(20-27-18-21-10-4-1-5-11-21)29-30(25)24-14-8-3-9-15-24/h1-15,23,26H,16-20H2. The van der Waals surface area contributed by atoms with E-state index in [2.05, 4.69) is 12.1 Å². The fourth-order valence-electron chi connectivity index (χ4n) is 3.46. The molecule has 0 aromatic heterocycles. The normalized spacial score (nSPS) is 23.9. The van der Waals surface area contributed by atoms with E-state index in [9.17, 15) is 5.11 Å². The van der Waals surface area contributed by atoms with E-state index in [1.165, 1.54) is 0 Å². The van der Waals surface area contributed by atoms with E-state index in [0.717, 1.165) is 16.4 Å². The Morgan fingerprint density at radius 2 is 1.40 bits per heavy atom. The van der Waals surface area contributed by atoms with Gasteiger partial charge in [-0.3, -0.25) is 0 Å². The zero-order valence-electron chi connectivity index (χ0n) is 16.9. The fraction of sp³-hybridized carbons (Fsp3) is 0.280. The highest BCUT2D eigenvalue weighted by molar-refractivity contribution is 7.62. The molecule has 1 fully saturated rings. The summed E-state index contributed by atoms with van der Waals surface area (Å²) in [6.07, 6.45) is 1.13. The van der Waals surface area contributed by atoms with Gasteiger partial charge in [-0.2, -0.15) is 0 Å². The molecule has 1 saturated heterocycles. The van der Waals surface area contributed by atoms with Crippen LogP contribution in [0.25, 0.3) is 0 Å². The minimum atomic E-state index is -1.37. The molecule has 0 aliphatic carbocycles. The van der Waals surface area contributed by atoms with Gasteiger partial charge in [0.05, 0.1) is 25.9 Å². The molecule has 1 heterocycles. The molecule has 156 valence electrons. The molecule has 0 amide bonds. The first-order valence-electron chi connectivity index (χ1n) is 10.3. The lowest BCUT2D eigenvalue weighted by Crippen LogP contribution is -2.41. The maximum absolute atomic E-state index is 11.4. The van der Waals surface area contributed by atoms with Gasteiger partial charge in [0.15, 0.2) is 0 Å². The predicted molar refractivity (Wildman–Crippen MR) is 119 cm³/mol. The van der Waals surface area contributed by atoms with Crippen molar-refractivity contribution >= 4 is 13.5 Å². The zero-order chi connectivity index (χ0) is 20.7. The number of rotatable bonds is 8. The van der Waals surface area contributed by atoms with E-state index in [0.29, 0.717) is 32.7 Å². The average molecular weight is 422 g/mol. The molecule has 5 heteroatoms. The molecule has 3 aromatic carbocycles. The molecule has 0 radical (unpaired) electrons. The molecule has 0 spiro atoms. The highest BCUT2D eigenvalue weighted by Gasteiger charge is 2.45. The van der Waals surface area contributed by atoms with Gasteiger partial charge in [-0.25, -0.2) is 0 Å². The minimum absolute atomic E-state index is 0.0689. The van der Waals surface area contributed by atoms with E-state index in [4.69, 9.17) is 14.0 Å². The second-order valence-electron chi connectivity index (χ2n) is 7.41. The molecule has 3 unspecified atom stereocenters. The summed E-state index contributed by atoms with van der Waals surface area (Å²) >= 11 is 0. The molecule has 1 N–H and O–H groups in total. The number of benzene rings is 3. The van der Waals surface area contributed by atoms with Crippen LogP contribution >= 0.6 is 8.15 Å². The van der Waals surface area contributed by atoms with E-state index in [1.807, 2.05) is 78.9 Å². The van der Waals surface area contributed by atoms with Crippen molar-refractivity contribution in [3.63, 3.8) is 0 Å². The van der Waals surface area contributed by atoms with E-state index < -0.39 is 13.7 Å². The van der Waals surface area contributed by atoms with Crippen molar-refractivity contribution < 1.29 is 19.1 Å². The maximum atomic E-state index is 11.4. The Labute approximate surface area is 179 Å². The average Bonchev–Trinajstić information content (AvgIpc) is 2.81. The molecule has 4 nitrogen and oxygen atoms in total. The van der Waals surface area contributed by atoms with Crippen molar-refractivity contribution in [3.8, 4) is 0 Å². The maximum Gasteiger partial charge on any atom is 0.214 e.